The summed E-state index contributed by atoms with van der Waals surface area (Å²) in [5.41, 5.74) is 0.359. The van der Waals surface area contributed by atoms with Gasteiger partial charge in [0, 0.05) is 18.2 Å². The Morgan fingerprint density at radius 3 is 2.75 bits per heavy atom. The van der Waals surface area contributed by atoms with Crippen LogP contribution in [0.2, 0.25) is 0 Å². The summed E-state index contributed by atoms with van der Waals surface area (Å²) in [5.74, 6) is -0.689. The summed E-state index contributed by atoms with van der Waals surface area (Å²) >= 11 is 0. The lowest BCUT2D eigenvalue weighted by atomic mass is 9.96. The second-order valence-electron chi connectivity index (χ2n) is 5.44. The Balaban J connectivity index is 2.18. The third-order valence-corrected chi connectivity index (χ3v) is 3.72. The topological polar surface area (TPSA) is 81.0 Å². The molecule has 0 aromatic heterocycles. The number of rotatable bonds is 3. The molecule has 1 fully saturated rings. The molecule has 1 heterocycles. The molecule has 0 spiro atoms. The van der Waals surface area contributed by atoms with E-state index in [1.165, 1.54) is 18.2 Å². The van der Waals surface area contributed by atoms with E-state index < -0.39 is 6.10 Å². The molecule has 1 amide bonds. The number of amides is 1. The number of benzene rings is 1. The number of likely N-dealkylation sites (tertiary alicyclic amines) is 1. The van der Waals surface area contributed by atoms with Gasteiger partial charge < -0.3 is 20.2 Å². The molecule has 1 aromatic rings. The number of carbonyl (C=O) groups is 1. The van der Waals surface area contributed by atoms with Crippen LogP contribution >= 0.6 is 0 Å². The van der Waals surface area contributed by atoms with Gasteiger partial charge in [0.15, 0.2) is 11.5 Å². The first-order valence-corrected chi connectivity index (χ1v) is 7.00. The molecule has 1 aliphatic heterocycles. The van der Waals surface area contributed by atoms with Crippen molar-refractivity contribution in [2.45, 2.75) is 44.8 Å². The average Bonchev–Trinajstić information content (AvgIpc) is 2.41. The molecule has 0 saturated carbocycles. The third-order valence-electron chi connectivity index (χ3n) is 3.72. The van der Waals surface area contributed by atoms with Gasteiger partial charge in [-0.25, -0.2) is 0 Å². The van der Waals surface area contributed by atoms with Crippen molar-refractivity contribution >= 4 is 5.91 Å². The van der Waals surface area contributed by atoms with Crippen LogP contribution in [0.3, 0.4) is 0 Å². The monoisotopic (exact) mass is 279 g/mol. The molecule has 2 rings (SSSR count). The fourth-order valence-electron chi connectivity index (χ4n) is 2.73. The lowest BCUT2D eigenvalue weighted by Gasteiger charge is -2.36. The molecule has 2 atom stereocenters. The minimum absolute atomic E-state index is 0.0344. The number of aromatic hydroxyl groups is 2. The molecular weight excluding hydrogens is 258 g/mol. The van der Waals surface area contributed by atoms with Crippen molar-refractivity contribution in [2.75, 3.05) is 6.54 Å². The van der Waals surface area contributed by atoms with Crippen molar-refractivity contribution in [3.63, 3.8) is 0 Å². The van der Waals surface area contributed by atoms with Gasteiger partial charge in [-0.1, -0.05) is 0 Å². The van der Waals surface area contributed by atoms with E-state index in [-0.39, 0.29) is 23.4 Å². The Bertz CT molecular complexity index is 487. The van der Waals surface area contributed by atoms with E-state index in [4.69, 9.17) is 0 Å². The van der Waals surface area contributed by atoms with Gasteiger partial charge in [0.05, 0.1) is 6.10 Å². The van der Waals surface area contributed by atoms with Crippen molar-refractivity contribution in [1.29, 1.82) is 0 Å². The standard InChI is InChI=1S/C15H21NO4/c1-10(17)8-12-4-2-3-7-16(12)15(20)11-5-6-13(18)14(19)9-11/h5-6,9-10,12,17-19H,2-4,7-8H2,1H3. The maximum Gasteiger partial charge on any atom is 0.254 e. The Morgan fingerprint density at radius 1 is 1.35 bits per heavy atom. The molecule has 0 radical (unpaired) electrons. The number of phenols is 2. The summed E-state index contributed by atoms with van der Waals surface area (Å²) in [4.78, 5) is 14.3. The number of aliphatic hydroxyl groups is 1. The van der Waals surface area contributed by atoms with Gasteiger partial charge in [-0.3, -0.25) is 4.79 Å². The number of nitrogens with zero attached hydrogens (tertiary/aromatic N) is 1. The lowest BCUT2D eigenvalue weighted by Crippen LogP contribution is -2.45. The number of hydrogen-bond acceptors (Lipinski definition) is 4. The average molecular weight is 279 g/mol. The van der Waals surface area contributed by atoms with Crippen LogP contribution in [0.4, 0.5) is 0 Å². The van der Waals surface area contributed by atoms with E-state index >= 15 is 0 Å². The Kier molecular flexibility index (Phi) is 4.49. The van der Waals surface area contributed by atoms with E-state index in [0.717, 1.165) is 19.3 Å². The summed E-state index contributed by atoms with van der Waals surface area (Å²) in [6.07, 6.45) is 3.02. The summed E-state index contributed by atoms with van der Waals surface area (Å²) in [6, 6.07) is 4.14. The molecule has 5 heteroatoms. The molecule has 5 nitrogen and oxygen atoms in total. The molecule has 20 heavy (non-hydrogen) atoms. The minimum atomic E-state index is -0.443. The largest absolute Gasteiger partial charge is 0.504 e. The Morgan fingerprint density at radius 2 is 2.10 bits per heavy atom. The normalized spacial score (nSPS) is 20.7. The zero-order valence-electron chi connectivity index (χ0n) is 11.6. The van der Waals surface area contributed by atoms with Crippen LogP contribution in [0.1, 0.15) is 43.0 Å². The highest BCUT2D eigenvalue weighted by Crippen LogP contribution is 2.28. The van der Waals surface area contributed by atoms with Crippen LogP contribution in [0.15, 0.2) is 18.2 Å². The highest BCUT2D eigenvalue weighted by atomic mass is 16.3. The number of hydrogen-bond donors (Lipinski definition) is 3. The number of aliphatic hydroxyl groups excluding tert-OH is 1. The van der Waals surface area contributed by atoms with Crippen LogP contribution < -0.4 is 0 Å². The van der Waals surface area contributed by atoms with E-state index in [1.54, 1.807) is 11.8 Å². The van der Waals surface area contributed by atoms with Gasteiger partial charge in [0.25, 0.3) is 5.91 Å². The van der Waals surface area contributed by atoms with Gasteiger partial charge in [0.2, 0.25) is 0 Å². The fraction of sp³-hybridized carbons (Fsp3) is 0.533. The van der Waals surface area contributed by atoms with Crippen molar-refractivity contribution in [2.24, 2.45) is 0 Å². The molecule has 1 aromatic carbocycles. The fourth-order valence-corrected chi connectivity index (χ4v) is 2.73. The van der Waals surface area contributed by atoms with Crippen LogP contribution in [-0.4, -0.2) is 44.8 Å². The van der Waals surface area contributed by atoms with E-state index in [1.807, 2.05) is 0 Å². The zero-order valence-corrected chi connectivity index (χ0v) is 11.6. The van der Waals surface area contributed by atoms with Gasteiger partial charge in [-0.2, -0.15) is 0 Å². The highest BCUT2D eigenvalue weighted by molar-refractivity contribution is 5.95. The number of phenolic OH excluding ortho intramolecular Hbond substituents is 2. The summed E-state index contributed by atoms with van der Waals surface area (Å²) < 4.78 is 0. The van der Waals surface area contributed by atoms with Crippen LogP contribution in [0, 0.1) is 0 Å². The van der Waals surface area contributed by atoms with Crippen molar-refractivity contribution in [1.82, 2.24) is 4.90 Å². The molecule has 0 bridgehead atoms. The summed E-state index contributed by atoms with van der Waals surface area (Å²) in [7, 11) is 0. The summed E-state index contributed by atoms with van der Waals surface area (Å²) in [6.45, 7) is 2.39. The van der Waals surface area contributed by atoms with Crippen LogP contribution in [0.5, 0.6) is 11.5 Å². The first kappa shape index (κ1) is 14.7. The third kappa shape index (κ3) is 3.22. The number of piperidine rings is 1. The molecular formula is C15H21NO4. The molecule has 2 unspecified atom stereocenters. The summed E-state index contributed by atoms with van der Waals surface area (Å²) in [5, 5.41) is 28.3. The van der Waals surface area contributed by atoms with Gasteiger partial charge in [-0.05, 0) is 50.8 Å². The number of carbonyl (C=O) groups excluding carboxylic acids is 1. The predicted molar refractivity (Wildman–Crippen MR) is 74.7 cm³/mol. The first-order chi connectivity index (χ1) is 9.49. The maximum absolute atomic E-state index is 12.5. The molecule has 0 aliphatic carbocycles. The molecule has 3 N–H and O–H groups in total. The quantitative estimate of drug-likeness (QED) is 0.738. The van der Waals surface area contributed by atoms with Gasteiger partial charge >= 0.3 is 0 Å². The second-order valence-corrected chi connectivity index (χ2v) is 5.44. The Labute approximate surface area is 118 Å². The first-order valence-electron chi connectivity index (χ1n) is 7.00. The zero-order chi connectivity index (χ0) is 14.7. The van der Waals surface area contributed by atoms with Gasteiger partial charge in [-0.15, -0.1) is 0 Å². The molecule has 1 aliphatic rings. The second kappa shape index (κ2) is 6.13. The SMILES string of the molecule is CC(O)CC1CCCCN1C(=O)c1ccc(O)c(O)c1. The maximum atomic E-state index is 12.5. The van der Waals surface area contributed by atoms with Crippen LogP contribution in [0.25, 0.3) is 0 Å². The smallest absolute Gasteiger partial charge is 0.254 e. The lowest BCUT2D eigenvalue weighted by molar-refractivity contribution is 0.0514. The van der Waals surface area contributed by atoms with Crippen LogP contribution in [-0.2, 0) is 0 Å². The van der Waals surface area contributed by atoms with E-state index in [9.17, 15) is 20.1 Å². The van der Waals surface area contributed by atoms with Crippen molar-refractivity contribution in [3.8, 4) is 11.5 Å². The highest BCUT2D eigenvalue weighted by Gasteiger charge is 2.28. The van der Waals surface area contributed by atoms with E-state index in [2.05, 4.69) is 0 Å². The molecule has 110 valence electrons. The van der Waals surface area contributed by atoms with Gasteiger partial charge in [0.1, 0.15) is 0 Å². The minimum Gasteiger partial charge on any atom is -0.504 e. The Hall–Kier alpha value is -1.75. The van der Waals surface area contributed by atoms with Crippen molar-refractivity contribution in [3.05, 3.63) is 23.8 Å². The predicted octanol–water partition coefficient (Wildman–Crippen LogP) is 1.86. The van der Waals surface area contributed by atoms with E-state index in [0.29, 0.717) is 18.5 Å². The molecule has 1 saturated heterocycles. The van der Waals surface area contributed by atoms with Crippen molar-refractivity contribution < 1.29 is 20.1 Å².